The molecule has 12 heteroatoms. The second-order valence-corrected chi connectivity index (χ2v) is 5.66. The van der Waals surface area contributed by atoms with E-state index in [9.17, 15) is 22.8 Å². The van der Waals surface area contributed by atoms with Gasteiger partial charge in [0, 0.05) is 13.2 Å². The van der Waals surface area contributed by atoms with Crippen molar-refractivity contribution in [1.82, 2.24) is 19.6 Å². The number of primary amides is 1. The number of aryl methyl sites for hydroxylation is 1. The summed E-state index contributed by atoms with van der Waals surface area (Å²) in [4.78, 5) is 23.6. The van der Waals surface area contributed by atoms with Gasteiger partial charge in [-0.1, -0.05) is 11.6 Å². The topological polar surface area (TPSA) is 108 Å². The van der Waals surface area contributed by atoms with E-state index in [-0.39, 0.29) is 17.1 Å². The Bertz CT molecular complexity index is 842. The molecule has 25 heavy (non-hydrogen) atoms. The fraction of sp³-hybridized carbons (Fsp3) is 0.385. The van der Waals surface area contributed by atoms with Gasteiger partial charge in [-0.25, -0.2) is 0 Å². The van der Waals surface area contributed by atoms with E-state index >= 15 is 0 Å². The van der Waals surface area contributed by atoms with E-state index in [1.54, 1.807) is 0 Å². The molecule has 0 saturated carbocycles. The number of aromatic nitrogens is 4. The van der Waals surface area contributed by atoms with Crippen LogP contribution < -0.4 is 11.1 Å². The minimum Gasteiger partial charge on any atom is -0.364 e. The normalized spacial score (nSPS) is 12.9. The summed E-state index contributed by atoms with van der Waals surface area (Å²) in [6.45, 7) is 2.65. The maximum atomic E-state index is 12.9. The lowest BCUT2D eigenvalue weighted by Crippen LogP contribution is -2.26. The Balaban J connectivity index is 2.31. The zero-order valence-electron chi connectivity index (χ0n) is 13.3. The van der Waals surface area contributed by atoms with Crippen LogP contribution >= 0.6 is 11.6 Å². The number of halogens is 4. The first kappa shape index (κ1) is 18.8. The van der Waals surface area contributed by atoms with Crippen LogP contribution in [0.15, 0.2) is 6.20 Å². The van der Waals surface area contributed by atoms with Crippen molar-refractivity contribution in [3.05, 3.63) is 28.3 Å². The molecule has 0 aromatic carbocycles. The number of anilines is 1. The van der Waals surface area contributed by atoms with E-state index in [1.165, 1.54) is 31.8 Å². The Morgan fingerprint density at radius 3 is 2.44 bits per heavy atom. The molecule has 0 aliphatic heterocycles. The van der Waals surface area contributed by atoms with Crippen molar-refractivity contribution in [2.45, 2.75) is 26.1 Å². The van der Waals surface area contributed by atoms with Crippen LogP contribution in [-0.4, -0.2) is 31.4 Å². The number of nitrogens with one attached hydrogen (secondary N) is 1. The number of rotatable bonds is 4. The van der Waals surface area contributed by atoms with Crippen LogP contribution in [0.4, 0.5) is 18.9 Å². The van der Waals surface area contributed by atoms with Crippen LogP contribution in [0.1, 0.15) is 34.8 Å². The third-order valence-corrected chi connectivity index (χ3v) is 3.86. The molecule has 0 saturated heterocycles. The van der Waals surface area contributed by atoms with Gasteiger partial charge in [0.2, 0.25) is 5.91 Å². The molecule has 1 atom stereocenters. The molecular weight excluding hydrogens is 365 g/mol. The first-order valence-electron chi connectivity index (χ1n) is 6.89. The van der Waals surface area contributed by atoms with Gasteiger partial charge in [0.15, 0.2) is 11.4 Å². The molecule has 3 N–H and O–H groups in total. The fourth-order valence-corrected chi connectivity index (χ4v) is 2.40. The Labute approximate surface area is 144 Å². The number of nitrogens with zero attached hydrogens (tertiary/aromatic N) is 4. The summed E-state index contributed by atoms with van der Waals surface area (Å²) in [6.07, 6.45) is -3.40. The second kappa shape index (κ2) is 6.39. The van der Waals surface area contributed by atoms with Gasteiger partial charge in [0.1, 0.15) is 6.04 Å². The predicted molar refractivity (Wildman–Crippen MR) is 82.0 cm³/mol. The molecule has 0 fully saturated rings. The highest BCUT2D eigenvalue weighted by Crippen LogP contribution is 2.36. The number of nitrogens with two attached hydrogens (primary N) is 1. The minimum atomic E-state index is -4.74. The number of hydrogen-bond donors (Lipinski definition) is 2. The summed E-state index contributed by atoms with van der Waals surface area (Å²) in [5.41, 5.74) is 3.74. The fourth-order valence-electron chi connectivity index (χ4n) is 2.17. The minimum absolute atomic E-state index is 0.0158. The highest BCUT2D eigenvalue weighted by molar-refractivity contribution is 6.32. The van der Waals surface area contributed by atoms with Crippen molar-refractivity contribution in [2.24, 2.45) is 12.8 Å². The smallest absolute Gasteiger partial charge is 0.364 e. The average Bonchev–Trinajstić information content (AvgIpc) is 2.99. The van der Waals surface area contributed by atoms with Gasteiger partial charge >= 0.3 is 6.18 Å². The van der Waals surface area contributed by atoms with E-state index in [1.807, 2.05) is 0 Å². The van der Waals surface area contributed by atoms with Crippen LogP contribution in [0.3, 0.4) is 0 Å². The van der Waals surface area contributed by atoms with Gasteiger partial charge in [-0.3, -0.25) is 19.0 Å². The van der Waals surface area contributed by atoms with Gasteiger partial charge in [-0.05, 0) is 13.8 Å². The Hall–Kier alpha value is -2.56. The largest absolute Gasteiger partial charge is 0.436 e. The SMILES string of the molecule is Cc1c(Cl)c(C(F)(F)F)nn1C(C)C(=O)Nc1cn(C)nc1C(N)=O. The van der Waals surface area contributed by atoms with Gasteiger partial charge in [-0.2, -0.15) is 23.4 Å². The molecule has 1 unspecified atom stereocenters. The van der Waals surface area contributed by atoms with E-state index in [0.29, 0.717) is 0 Å². The summed E-state index contributed by atoms with van der Waals surface area (Å²) in [5.74, 6) is -1.58. The van der Waals surface area contributed by atoms with Gasteiger partial charge in [0.25, 0.3) is 5.91 Å². The summed E-state index contributed by atoms with van der Waals surface area (Å²) in [5, 5.41) is 9.01. The highest BCUT2D eigenvalue weighted by Gasteiger charge is 2.39. The molecule has 2 aromatic rings. The molecule has 0 radical (unpaired) electrons. The molecule has 0 bridgehead atoms. The number of carbonyl (C=O) groups excluding carboxylic acids is 2. The zero-order chi connectivity index (χ0) is 19.1. The van der Waals surface area contributed by atoms with E-state index in [4.69, 9.17) is 17.3 Å². The van der Waals surface area contributed by atoms with Gasteiger partial charge < -0.3 is 11.1 Å². The summed E-state index contributed by atoms with van der Waals surface area (Å²) in [7, 11) is 1.51. The maximum Gasteiger partial charge on any atom is 0.436 e. The Kier molecular flexibility index (Phi) is 4.80. The number of carbonyl (C=O) groups is 2. The van der Waals surface area contributed by atoms with Crippen LogP contribution in [0.25, 0.3) is 0 Å². The quantitative estimate of drug-likeness (QED) is 0.846. The van der Waals surface area contributed by atoms with Crippen molar-refractivity contribution in [1.29, 1.82) is 0 Å². The van der Waals surface area contributed by atoms with E-state index < -0.39 is 34.7 Å². The molecule has 2 aromatic heterocycles. The van der Waals surface area contributed by atoms with Crippen molar-refractivity contribution in [3.8, 4) is 0 Å². The molecular formula is C13H14ClF3N6O2. The number of alkyl halides is 3. The lowest BCUT2D eigenvalue weighted by molar-refractivity contribution is -0.141. The standard InChI is InChI=1S/C13H14ClF3N6O2/c1-5-8(14)10(13(15,16)17)21-23(5)6(2)12(25)19-7-4-22(3)20-9(7)11(18)24/h4,6H,1-3H3,(H2,18,24)(H,19,25). The van der Waals surface area contributed by atoms with Crippen molar-refractivity contribution in [2.75, 3.05) is 5.32 Å². The third-order valence-electron chi connectivity index (χ3n) is 3.41. The summed E-state index contributed by atoms with van der Waals surface area (Å²) >= 11 is 5.67. The average molecular weight is 379 g/mol. The third kappa shape index (κ3) is 3.60. The van der Waals surface area contributed by atoms with Gasteiger partial charge in [-0.15, -0.1) is 0 Å². The van der Waals surface area contributed by atoms with E-state index in [0.717, 1.165) is 4.68 Å². The molecule has 0 aliphatic rings. The number of hydrogen-bond acceptors (Lipinski definition) is 4. The summed E-state index contributed by atoms with van der Waals surface area (Å²) < 4.78 is 40.7. The highest BCUT2D eigenvalue weighted by atomic mass is 35.5. The van der Waals surface area contributed by atoms with E-state index in [2.05, 4.69) is 15.5 Å². The summed E-state index contributed by atoms with van der Waals surface area (Å²) in [6, 6.07) is -1.13. The maximum absolute atomic E-state index is 12.9. The van der Waals surface area contributed by atoms with Crippen molar-refractivity contribution in [3.63, 3.8) is 0 Å². The molecule has 2 amide bonds. The molecule has 0 aliphatic carbocycles. The Morgan fingerprint density at radius 1 is 1.36 bits per heavy atom. The number of amides is 2. The molecule has 8 nitrogen and oxygen atoms in total. The zero-order valence-corrected chi connectivity index (χ0v) is 14.1. The molecule has 0 spiro atoms. The first-order valence-corrected chi connectivity index (χ1v) is 7.27. The van der Waals surface area contributed by atoms with Crippen molar-refractivity contribution < 1.29 is 22.8 Å². The molecule has 2 heterocycles. The van der Waals surface area contributed by atoms with Crippen molar-refractivity contribution >= 4 is 29.1 Å². The lowest BCUT2D eigenvalue weighted by atomic mass is 10.2. The van der Waals surface area contributed by atoms with Crippen LogP contribution in [0.5, 0.6) is 0 Å². The first-order chi connectivity index (χ1) is 11.4. The van der Waals surface area contributed by atoms with Gasteiger partial charge in [0.05, 0.1) is 16.4 Å². The Morgan fingerprint density at radius 2 is 1.96 bits per heavy atom. The molecule has 2 rings (SSSR count). The lowest BCUT2D eigenvalue weighted by Gasteiger charge is -2.14. The van der Waals surface area contributed by atoms with Crippen LogP contribution in [0.2, 0.25) is 5.02 Å². The van der Waals surface area contributed by atoms with Crippen LogP contribution in [0, 0.1) is 6.92 Å². The second-order valence-electron chi connectivity index (χ2n) is 5.28. The van der Waals surface area contributed by atoms with Crippen LogP contribution in [-0.2, 0) is 18.0 Å². The molecule has 136 valence electrons. The predicted octanol–water partition coefficient (Wildman–Crippen LogP) is 1.90. The monoisotopic (exact) mass is 378 g/mol.